The molecule has 0 unspecified atom stereocenters. The summed E-state index contributed by atoms with van der Waals surface area (Å²) in [7, 11) is 0. The molecule has 0 aromatic heterocycles. The molecule has 0 saturated heterocycles. The fourth-order valence-electron chi connectivity index (χ4n) is 1.49. The van der Waals surface area contributed by atoms with Crippen molar-refractivity contribution in [2.75, 3.05) is 10.6 Å². The van der Waals surface area contributed by atoms with Crippen molar-refractivity contribution >= 4 is 23.2 Å². The molecule has 0 aliphatic rings. The molecule has 2 rings (SSSR count). The van der Waals surface area contributed by atoms with Crippen molar-refractivity contribution in [1.29, 1.82) is 0 Å². The molecule has 21 heavy (non-hydrogen) atoms. The number of benzene rings is 2. The molecule has 0 atom stereocenters. The minimum Gasteiger partial charge on any atom is -0.318 e. The van der Waals surface area contributed by atoms with Gasteiger partial charge in [0, 0.05) is 11.8 Å². The standard InChI is InChI=1S/C14H9F3N2O2/c15-8-1-4-10(5-2-8)18-13(20)14(21)19-12-6-3-9(16)7-11(12)17/h1-7H,(H,18,20)(H,19,21). The molecule has 4 nitrogen and oxygen atoms in total. The normalized spacial score (nSPS) is 10.0. The van der Waals surface area contributed by atoms with Crippen molar-refractivity contribution in [1.82, 2.24) is 0 Å². The van der Waals surface area contributed by atoms with Crippen LogP contribution in [-0.4, -0.2) is 11.8 Å². The average Bonchev–Trinajstić information content (AvgIpc) is 2.44. The van der Waals surface area contributed by atoms with E-state index in [0.29, 0.717) is 6.07 Å². The second-order valence-electron chi connectivity index (χ2n) is 4.04. The molecular formula is C14H9F3N2O2. The number of amides is 2. The predicted molar refractivity (Wildman–Crippen MR) is 70.0 cm³/mol. The van der Waals surface area contributed by atoms with Gasteiger partial charge in [0.05, 0.1) is 5.69 Å². The van der Waals surface area contributed by atoms with E-state index in [2.05, 4.69) is 5.32 Å². The van der Waals surface area contributed by atoms with E-state index >= 15 is 0 Å². The third-order valence-corrected chi connectivity index (χ3v) is 2.49. The topological polar surface area (TPSA) is 58.2 Å². The van der Waals surface area contributed by atoms with Gasteiger partial charge in [0.25, 0.3) is 0 Å². The maximum atomic E-state index is 13.3. The lowest BCUT2D eigenvalue weighted by atomic mass is 10.3. The van der Waals surface area contributed by atoms with Gasteiger partial charge in [0.1, 0.15) is 17.5 Å². The van der Waals surface area contributed by atoms with Gasteiger partial charge in [-0.1, -0.05) is 0 Å². The zero-order valence-corrected chi connectivity index (χ0v) is 10.5. The summed E-state index contributed by atoms with van der Waals surface area (Å²) in [4.78, 5) is 23.1. The molecule has 2 amide bonds. The number of rotatable bonds is 2. The summed E-state index contributed by atoms with van der Waals surface area (Å²) < 4.78 is 38.7. The molecule has 108 valence electrons. The van der Waals surface area contributed by atoms with Crippen molar-refractivity contribution < 1.29 is 22.8 Å². The molecule has 2 N–H and O–H groups in total. The first-order valence-electron chi connectivity index (χ1n) is 5.78. The molecule has 0 fully saturated rings. The Labute approximate surface area is 117 Å². The largest absolute Gasteiger partial charge is 0.318 e. The minimum absolute atomic E-state index is 0.205. The van der Waals surface area contributed by atoms with Crippen LogP contribution >= 0.6 is 0 Å². The third-order valence-electron chi connectivity index (χ3n) is 2.49. The number of hydrogen-bond donors (Lipinski definition) is 2. The van der Waals surface area contributed by atoms with Crippen LogP contribution in [0.25, 0.3) is 0 Å². The molecule has 0 saturated carbocycles. The Morgan fingerprint density at radius 2 is 1.33 bits per heavy atom. The van der Waals surface area contributed by atoms with Crippen LogP contribution in [0.15, 0.2) is 42.5 Å². The van der Waals surface area contributed by atoms with E-state index < -0.39 is 29.3 Å². The SMILES string of the molecule is O=C(Nc1ccc(F)cc1)C(=O)Nc1ccc(F)cc1F. The molecule has 2 aromatic carbocycles. The smallest absolute Gasteiger partial charge is 0.314 e. The summed E-state index contributed by atoms with van der Waals surface area (Å²) >= 11 is 0. The van der Waals surface area contributed by atoms with Crippen molar-refractivity contribution in [3.8, 4) is 0 Å². The van der Waals surface area contributed by atoms with Crippen LogP contribution in [0.3, 0.4) is 0 Å². The first-order valence-corrected chi connectivity index (χ1v) is 5.78. The van der Waals surface area contributed by atoms with Crippen molar-refractivity contribution in [2.45, 2.75) is 0 Å². The van der Waals surface area contributed by atoms with Crippen molar-refractivity contribution in [3.63, 3.8) is 0 Å². The predicted octanol–water partition coefficient (Wildman–Crippen LogP) is 2.68. The lowest BCUT2D eigenvalue weighted by Gasteiger charge is -2.07. The van der Waals surface area contributed by atoms with Gasteiger partial charge in [0.15, 0.2) is 0 Å². The summed E-state index contributed by atoms with van der Waals surface area (Å²) in [5, 5.41) is 4.21. The highest BCUT2D eigenvalue weighted by atomic mass is 19.1. The van der Waals surface area contributed by atoms with Crippen molar-refractivity contribution in [2.24, 2.45) is 0 Å². The zero-order chi connectivity index (χ0) is 15.4. The van der Waals surface area contributed by atoms with E-state index in [1.165, 1.54) is 12.1 Å². The molecular weight excluding hydrogens is 285 g/mol. The number of halogens is 3. The molecule has 0 aliphatic carbocycles. The van der Waals surface area contributed by atoms with Crippen LogP contribution in [0.1, 0.15) is 0 Å². The Kier molecular flexibility index (Phi) is 4.22. The van der Waals surface area contributed by atoms with Crippen molar-refractivity contribution in [3.05, 3.63) is 59.9 Å². The van der Waals surface area contributed by atoms with E-state index in [-0.39, 0.29) is 11.4 Å². The maximum Gasteiger partial charge on any atom is 0.314 e. The second kappa shape index (κ2) is 6.08. The molecule has 7 heteroatoms. The lowest BCUT2D eigenvalue weighted by molar-refractivity contribution is -0.133. The second-order valence-corrected chi connectivity index (χ2v) is 4.04. The van der Waals surface area contributed by atoms with Crippen LogP contribution in [0.2, 0.25) is 0 Å². The van der Waals surface area contributed by atoms with Gasteiger partial charge in [-0.2, -0.15) is 0 Å². The molecule has 2 aromatic rings. The number of carbonyl (C=O) groups is 2. The third kappa shape index (κ3) is 3.82. The highest BCUT2D eigenvalue weighted by molar-refractivity contribution is 6.43. The highest BCUT2D eigenvalue weighted by Gasteiger charge is 2.16. The summed E-state index contributed by atoms with van der Waals surface area (Å²) in [5.74, 6) is -4.50. The van der Waals surface area contributed by atoms with Crippen LogP contribution in [0.4, 0.5) is 24.5 Å². The van der Waals surface area contributed by atoms with Crippen LogP contribution in [-0.2, 0) is 9.59 Å². The fourth-order valence-corrected chi connectivity index (χ4v) is 1.49. The number of carbonyl (C=O) groups excluding carboxylic acids is 2. The number of hydrogen-bond acceptors (Lipinski definition) is 2. The maximum absolute atomic E-state index is 13.3. The van der Waals surface area contributed by atoms with Gasteiger partial charge >= 0.3 is 11.8 Å². The highest BCUT2D eigenvalue weighted by Crippen LogP contribution is 2.15. The van der Waals surface area contributed by atoms with E-state index in [9.17, 15) is 22.8 Å². The zero-order valence-electron chi connectivity index (χ0n) is 10.5. The Morgan fingerprint density at radius 3 is 1.95 bits per heavy atom. The Balaban J connectivity index is 2.02. The molecule has 0 bridgehead atoms. The number of anilines is 2. The monoisotopic (exact) mass is 294 g/mol. The van der Waals surface area contributed by atoms with Crippen LogP contribution < -0.4 is 10.6 Å². The average molecular weight is 294 g/mol. The van der Waals surface area contributed by atoms with Gasteiger partial charge in [-0.05, 0) is 36.4 Å². The van der Waals surface area contributed by atoms with Crippen LogP contribution in [0.5, 0.6) is 0 Å². The lowest BCUT2D eigenvalue weighted by Crippen LogP contribution is -2.29. The van der Waals surface area contributed by atoms with E-state index in [1.54, 1.807) is 0 Å². The summed E-state index contributed by atoms with van der Waals surface area (Å²) in [5.41, 5.74) is -0.119. The first kappa shape index (κ1) is 14.6. The Hall–Kier alpha value is -2.83. The molecule has 0 aliphatic heterocycles. The molecule has 0 radical (unpaired) electrons. The van der Waals surface area contributed by atoms with E-state index in [0.717, 1.165) is 24.3 Å². The van der Waals surface area contributed by atoms with Gasteiger partial charge < -0.3 is 10.6 Å². The first-order chi connectivity index (χ1) is 9.95. The van der Waals surface area contributed by atoms with Gasteiger partial charge in [-0.25, -0.2) is 13.2 Å². The van der Waals surface area contributed by atoms with Crippen LogP contribution in [0, 0.1) is 17.5 Å². The van der Waals surface area contributed by atoms with Gasteiger partial charge in [0.2, 0.25) is 0 Å². The van der Waals surface area contributed by atoms with Gasteiger partial charge in [-0.15, -0.1) is 0 Å². The molecule has 0 heterocycles. The fraction of sp³-hybridized carbons (Fsp3) is 0. The van der Waals surface area contributed by atoms with E-state index in [4.69, 9.17) is 0 Å². The summed E-state index contributed by atoms with van der Waals surface area (Å²) in [6.45, 7) is 0. The summed E-state index contributed by atoms with van der Waals surface area (Å²) in [6.07, 6.45) is 0. The number of nitrogens with one attached hydrogen (secondary N) is 2. The minimum atomic E-state index is -1.13. The summed E-state index contributed by atoms with van der Waals surface area (Å²) in [6, 6.07) is 7.25. The molecule has 0 spiro atoms. The van der Waals surface area contributed by atoms with Gasteiger partial charge in [-0.3, -0.25) is 9.59 Å². The Bertz CT molecular complexity index is 687. The van der Waals surface area contributed by atoms with E-state index in [1.807, 2.05) is 5.32 Å². The quantitative estimate of drug-likeness (QED) is 0.837. The Morgan fingerprint density at radius 1 is 0.762 bits per heavy atom.